The second kappa shape index (κ2) is 11.7. The number of nitrogens with one attached hydrogen (secondary N) is 2. The number of carbonyl (C=O) groups is 2. The molecule has 0 unspecified atom stereocenters. The fourth-order valence-corrected chi connectivity index (χ4v) is 4.02. The first-order valence-corrected chi connectivity index (χ1v) is 11.8. The number of anilines is 3. The molecule has 190 valence electrons. The molecule has 0 aromatic heterocycles. The molecule has 0 fully saturated rings. The van der Waals surface area contributed by atoms with E-state index in [0.29, 0.717) is 34.7 Å². The molecule has 8 heteroatoms. The Hall–Kier alpha value is -3.94. The first-order valence-electron chi connectivity index (χ1n) is 11.8. The highest BCUT2D eigenvalue weighted by Gasteiger charge is 2.19. The van der Waals surface area contributed by atoms with Gasteiger partial charge in [0.25, 0.3) is 0 Å². The van der Waals surface area contributed by atoms with Gasteiger partial charge < -0.3 is 20.6 Å². The van der Waals surface area contributed by atoms with E-state index in [1.165, 1.54) is 6.07 Å². The van der Waals surface area contributed by atoms with Crippen LogP contribution in [0.2, 0.25) is 0 Å². The van der Waals surface area contributed by atoms with Gasteiger partial charge in [-0.15, -0.1) is 0 Å². The summed E-state index contributed by atoms with van der Waals surface area (Å²) in [6, 6.07) is 14.2. The van der Waals surface area contributed by atoms with Gasteiger partial charge in [-0.25, -0.2) is 18.4 Å². The van der Waals surface area contributed by atoms with Crippen LogP contribution in [0.25, 0.3) is 11.1 Å². The Morgan fingerprint density at radius 1 is 0.861 bits per heavy atom. The van der Waals surface area contributed by atoms with Crippen LogP contribution in [-0.4, -0.2) is 30.2 Å². The smallest absolute Gasteiger partial charge is 0.336 e. The van der Waals surface area contributed by atoms with Crippen LogP contribution >= 0.6 is 0 Å². The first-order chi connectivity index (χ1) is 17.0. The Labute approximate surface area is 210 Å². The van der Waals surface area contributed by atoms with Crippen LogP contribution < -0.4 is 15.5 Å². The van der Waals surface area contributed by atoms with Crippen LogP contribution in [0.4, 0.5) is 30.6 Å². The summed E-state index contributed by atoms with van der Waals surface area (Å²) in [5, 5.41) is 14.8. The van der Waals surface area contributed by atoms with Crippen LogP contribution in [0.5, 0.6) is 0 Å². The molecule has 0 aliphatic carbocycles. The number of carboxylic acids is 1. The van der Waals surface area contributed by atoms with E-state index in [4.69, 9.17) is 0 Å². The summed E-state index contributed by atoms with van der Waals surface area (Å²) in [5.41, 5.74) is 2.27. The van der Waals surface area contributed by atoms with Gasteiger partial charge in [-0.2, -0.15) is 0 Å². The summed E-state index contributed by atoms with van der Waals surface area (Å²) in [7, 11) is 0. The van der Waals surface area contributed by atoms with Crippen molar-refractivity contribution in [2.75, 3.05) is 28.6 Å². The number of aromatic carboxylic acids is 1. The van der Waals surface area contributed by atoms with Crippen molar-refractivity contribution in [2.24, 2.45) is 11.8 Å². The van der Waals surface area contributed by atoms with Crippen LogP contribution in [0.15, 0.2) is 60.7 Å². The van der Waals surface area contributed by atoms with Crippen LogP contribution in [0, 0.1) is 23.5 Å². The zero-order valence-corrected chi connectivity index (χ0v) is 20.8. The van der Waals surface area contributed by atoms with Crippen molar-refractivity contribution in [1.82, 2.24) is 0 Å². The number of carbonyl (C=O) groups excluding carboxylic acids is 1. The maximum atomic E-state index is 14.1. The van der Waals surface area contributed by atoms with Crippen molar-refractivity contribution >= 4 is 29.1 Å². The van der Waals surface area contributed by atoms with E-state index in [1.807, 2.05) is 12.1 Å². The van der Waals surface area contributed by atoms with E-state index in [0.717, 1.165) is 30.9 Å². The Morgan fingerprint density at radius 2 is 1.50 bits per heavy atom. The Bertz CT molecular complexity index is 1230. The average molecular weight is 496 g/mol. The number of rotatable bonds is 9. The standard InChI is InChI=1S/C28H31F2N3O3/c1-17(2)15-33(16-18(3)4)26-12-9-19(21-7-5-6-8-22(21)27(34)35)13-25(26)32-28(36)31-24-11-10-20(29)14-23(24)30/h5-14,17-18H,15-16H2,1-4H3,(H,34,35)(H2,31,32,36). The molecule has 0 atom stereocenters. The Morgan fingerprint density at radius 3 is 2.11 bits per heavy atom. The predicted molar refractivity (Wildman–Crippen MR) is 140 cm³/mol. The van der Waals surface area contributed by atoms with Crippen molar-refractivity contribution in [2.45, 2.75) is 27.7 Å². The molecule has 0 heterocycles. The lowest BCUT2D eigenvalue weighted by Gasteiger charge is -2.31. The highest BCUT2D eigenvalue weighted by atomic mass is 19.1. The van der Waals surface area contributed by atoms with Gasteiger partial charge in [0.15, 0.2) is 0 Å². The highest BCUT2D eigenvalue weighted by molar-refractivity contribution is 6.03. The van der Waals surface area contributed by atoms with Crippen LogP contribution in [-0.2, 0) is 0 Å². The van der Waals surface area contributed by atoms with Crippen molar-refractivity contribution in [1.29, 1.82) is 0 Å². The zero-order chi connectivity index (χ0) is 26.4. The third kappa shape index (κ3) is 6.81. The van der Waals surface area contributed by atoms with Gasteiger partial charge in [0.1, 0.15) is 11.6 Å². The van der Waals surface area contributed by atoms with Crippen LogP contribution in [0.1, 0.15) is 38.1 Å². The second-order valence-electron chi connectivity index (χ2n) is 9.48. The van der Waals surface area contributed by atoms with Gasteiger partial charge in [0.05, 0.1) is 22.6 Å². The number of urea groups is 1. The van der Waals surface area contributed by atoms with E-state index in [9.17, 15) is 23.5 Å². The molecule has 0 saturated heterocycles. The van der Waals surface area contributed by atoms with Crippen molar-refractivity contribution in [3.05, 3.63) is 77.9 Å². The summed E-state index contributed by atoms with van der Waals surface area (Å²) in [5.74, 6) is -2.02. The van der Waals surface area contributed by atoms with Crippen molar-refractivity contribution in [3.63, 3.8) is 0 Å². The molecular weight excluding hydrogens is 464 g/mol. The topological polar surface area (TPSA) is 81.7 Å². The summed E-state index contributed by atoms with van der Waals surface area (Å²) >= 11 is 0. The normalized spacial score (nSPS) is 11.0. The summed E-state index contributed by atoms with van der Waals surface area (Å²) < 4.78 is 27.4. The minimum absolute atomic E-state index is 0.134. The number of hydrogen-bond donors (Lipinski definition) is 3. The molecule has 3 aromatic carbocycles. The number of benzene rings is 3. The molecule has 6 nitrogen and oxygen atoms in total. The van der Waals surface area contributed by atoms with Crippen LogP contribution in [0.3, 0.4) is 0 Å². The monoisotopic (exact) mass is 495 g/mol. The SMILES string of the molecule is CC(C)CN(CC(C)C)c1ccc(-c2ccccc2C(=O)O)cc1NC(=O)Nc1ccc(F)cc1F. The highest BCUT2D eigenvalue weighted by Crippen LogP contribution is 2.34. The third-order valence-corrected chi connectivity index (χ3v) is 5.40. The van der Waals surface area contributed by atoms with E-state index in [-0.39, 0.29) is 11.3 Å². The molecule has 3 rings (SSSR count). The Balaban J connectivity index is 2.05. The lowest BCUT2D eigenvalue weighted by molar-refractivity contribution is 0.0697. The minimum atomic E-state index is -1.06. The summed E-state index contributed by atoms with van der Waals surface area (Å²) in [6.45, 7) is 9.85. The number of carboxylic acid groups (broad SMARTS) is 1. The largest absolute Gasteiger partial charge is 0.478 e. The molecular formula is C28H31F2N3O3. The molecule has 3 N–H and O–H groups in total. The number of nitrogens with zero attached hydrogens (tertiary/aromatic N) is 1. The minimum Gasteiger partial charge on any atom is -0.478 e. The van der Waals surface area contributed by atoms with E-state index < -0.39 is 23.6 Å². The molecule has 0 spiro atoms. The summed E-state index contributed by atoms with van der Waals surface area (Å²) in [4.78, 5) is 26.8. The van der Waals surface area contributed by atoms with E-state index in [1.54, 1.807) is 24.3 Å². The lowest BCUT2D eigenvalue weighted by Crippen LogP contribution is -2.32. The lowest BCUT2D eigenvalue weighted by atomic mass is 9.98. The van der Waals surface area contributed by atoms with Gasteiger partial charge in [0.2, 0.25) is 0 Å². The average Bonchev–Trinajstić information content (AvgIpc) is 2.80. The first kappa shape index (κ1) is 26.7. The zero-order valence-electron chi connectivity index (χ0n) is 20.8. The number of hydrogen-bond acceptors (Lipinski definition) is 3. The molecule has 36 heavy (non-hydrogen) atoms. The molecule has 0 aliphatic rings. The predicted octanol–water partition coefficient (Wildman–Crippen LogP) is 7.09. The fraction of sp³-hybridized carbons (Fsp3) is 0.286. The summed E-state index contributed by atoms with van der Waals surface area (Å²) in [6.07, 6.45) is 0. The molecule has 0 radical (unpaired) electrons. The quantitative estimate of drug-likeness (QED) is 0.296. The fourth-order valence-electron chi connectivity index (χ4n) is 4.02. The molecule has 0 bridgehead atoms. The number of amides is 2. The van der Waals surface area contributed by atoms with Gasteiger partial charge in [0, 0.05) is 19.2 Å². The molecule has 0 saturated carbocycles. The van der Waals surface area contributed by atoms with Gasteiger partial charge in [-0.05, 0) is 53.3 Å². The van der Waals surface area contributed by atoms with Gasteiger partial charge in [-0.3, -0.25) is 0 Å². The maximum absolute atomic E-state index is 14.1. The second-order valence-corrected chi connectivity index (χ2v) is 9.48. The van der Waals surface area contributed by atoms with E-state index >= 15 is 0 Å². The Kier molecular flexibility index (Phi) is 8.64. The van der Waals surface area contributed by atoms with Gasteiger partial charge in [-0.1, -0.05) is 52.0 Å². The third-order valence-electron chi connectivity index (χ3n) is 5.40. The van der Waals surface area contributed by atoms with Crippen molar-refractivity contribution < 1.29 is 23.5 Å². The molecule has 3 aromatic rings. The van der Waals surface area contributed by atoms with Crippen molar-refractivity contribution in [3.8, 4) is 11.1 Å². The molecule has 2 amide bonds. The molecule has 0 aliphatic heterocycles. The number of halogens is 2. The van der Waals surface area contributed by atoms with E-state index in [2.05, 4.69) is 43.2 Å². The maximum Gasteiger partial charge on any atom is 0.336 e. The van der Waals surface area contributed by atoms with Gasteiger partial charge >= 0.3 is 12.0 Å².